The van der Waals surface area contributed by atoms with Crippen molar-refractivity contribution < 1.29 is 14.3 Å². The van der Waals surface area contributed by atoms with E-state index in [0.717, 1.165) is 0 Å². The Morgan fingerprint density at radius 1 is 1.04 bits per heavy atom. The van der Waals surface area contributed by atoms with Crippen LogP contribution < -0.4 is 10.3 Å². The van der Waals surface area contributed by atoms with Crippen molar-refractivity contribution in [3.8, 4) is 5.75 Å². The quantitative estimate of drug-likeness (QED) is 0.569. The summed E-state index contributed by atoms with van der Waals surface area (Å²) >= 11 is 5.86. The number of hydrogen-bond acceptors (Lipinski definition) is 4. The van der Waals surface area contributed by atoms with Gasteiger partial charge in [-0.1, -0.05) is 35.9 Å². The molecule has 0 radical (unpaired) electrons. The molecule has 5 nitrogen and oxygen atoms in total. The van der Waals surface area contributed by atoms with E-state index in [9.17, 15) is 9.59 Å². The molecule has 0 aliphatic carbocycles. The average Bonchev–Trinajstić information content (AvgIpc) is 2.58. The number of aromatic nitrogens is 1. The van der Waals surface area contributed by atoms with Crippen LogP contribution in [0.25, 0.3) is 10.9 Å². The van der Waals surface area contributed by atoms with E-state index in [2.05, 4.69) is 4.98 Å². The van der Waals surface area contributed by atoms with E-state index in [1.807, 2.05) is 0 Å². The lowest BCUT2D eigenvalue weighted by atomic mass is 10.1. The molecule has 24 heavy (non-hydrogen) atoms. The molecule has 0 saturated carbocycles. The van der Waals surface area contributed by atoms with Crippen LogP contribution in [-0.4, -0.2) is 24.2 Å². The molecule has 0 saturated heterocycles. The van der Waals surface area contributed by atoms with Crippen LogP contribution in [0.5, 0.6) is 5.75 Å². The van der Waals surface area contributed by atoms with E-state index in [-0.39, 0.29) is 24.3 Å². The lowest BCUT2D eigenvalue weighted by Gasteiger charge is -2.09. The number of nitrogens with one attached hydrogen (secondary N) is 1. The van der Waals surface area contributed by atoms with Crippen LogP contribution in [0.15, 0.2) is 59.4 Å². The Morgan fingerprint density at radius 3 is 2.71 bits per heavy atom. The fraction of sp³-hybridized carbons (Fsp3) is 0.111. The summed E-state index contributed by atoms with van der Waals surface area (Å²) in [6.07, 6.45) is 0. The minimum absolute atomic E-state index is 0.0620. The van der Waals surface area contributed by atoms with Crippen LogP contribution in [0.3, 0.4) is 0 Å². The second-order valence-corrected chi connectivity index (χ2v) is 5.47. The van der Waals surface area contributed by atoms with E-state index in [0.29, 0.717) is 21.7 Å². The number of pyridine rings is 1. The first kappa shape index (κ1) is 16.1. The number of ether oxygens (including phenoxy) is 2. The Labute approximate surface area is 142 Å². The normalized spacial score (nSPS) is 10.5. The number of carbonyl (C=O) groups excluding carboxylic acids is 1. The van der Waals surface area contributed by atoms with Gasteiger partial charge >= 0.3 is 5.97 Å². The minimum Gasteiger partial charge on any atom is -0.490 e. The van der Waals surface area contributed by atoms with Crippen LogP contribution >= 0.6 is 11.6 Å². The third kappa shape index (κ3) is 3.75. The van der Waals surface area contributed by atoms with Gasteiger partial charge in [-0.25, -0.2) is 4.79 Å². The first-order chi connectivity index (χ1) is 11.6. The average molecular weight is 344 g/mol. The number of esters is 1. The van der Waals surface area contributed by atoms with Gasteiger partial charge in [0.05, 0.1) is 5.56 Å². The van der Waals surface area contributed by atoms with Crippen molar-refractivity contribution in [2.75, 3.05) is 13.2 Å². The van der Waals surface area contributed by atoms with Crippen LogP contribution in [-0.2, 0) is 4.74 Å². The van der Waals surface area contributed by atoms with Crippen LogP contribution in [0, 0.1) is 0 Å². The van der Waals surface area contributed by atoms with Gasteiger partial charge in [-0.05, 0) is 24.3 Å². The first-order valence-electron chi connectivity index (χ1n) is 7.31. The van der Waals surface area contributed by atoms with Gasteiger partial charge in [0.15, 0.2) is 0 Å². The molecule has 0 unspecified atom stereocenters. The molecule has 0 atom stereocenters. The topological polar surface area (TPSA) is 68.4 Å². The van der Waals surface area contributed by atoms with Crippen molar-refractivity contribution in [2.45, 2.75) is 0 Å². The maximum absolute atomic E-state index is 12.2. The second kappa shape index (κ2) is 7.19. The lowest BCUT2D eigenvalue weighted by Crippen LogP contribution is -2.16. The standard InChI is InChI=1S/C18H14ClNO4/c19-12-4-3-5-13(10-12)23-8-9-24-18(22)15-11-17(21)20-16-7-2-1-6-14(15)16/h1-7,10-11H,8-9H2,(H,20,21). The number of carbonyl (C=O) groups is 1. The highest BCUT2D eigenvalue weighted by Gasteiger charge is 2.13. The molecule has 1 aromatic heterocycles. The Kier molecular flexibility index (Phi) is 4.82. The Morgan fingerprint density at radius 2 is 1.88 bits per heavy atom. The monoisotopic (exact) mass is 343 g/mol. The molecule has 0 aliphatic heterocycles. The van der Waals surface area contributed by atoms with E-state index in [4.69, 9.17) is 21.1 Å². The van der Waals surface area contributed by atoms with E-state index in [1.54, 1.807) is 48.5 Å². The van der Waals surface area contributed by atoms with Gasteiger partial charge < -0.3 is 14.5 Å². The first-order valence-corrected chi connectivity index (χ1v) is 7.69. The zero-order valence-electron chi connectivity index (χ0n) is 12.6. The third-order valence-electron chi connectivity index (χ3n) is 3.35. The Hall–Kier alpha value is -2.79. The van der Waals surface area contributed by atoms with Gasteiger partial charge in [0.1, 0.15) is 19.0 Å². The maximum atomic E-state index is 12.2. The smallest absolute Gasteiger partial charge is 0.339 e. The molecule has 122 valence electrons. The number of para-hydroxylation sites is 1. The summed E-state index contributed by atoms with van der Waals surface area (Å²) in [7, 11) is 0. The number of hydrogen-bond donors (Lipinski definition) is 1. The van der Waals surface area contributed by atoms with E-state index >= 15 is 0 Å². The SMILES string of the molecule is O=C(OCCOc1cccc(Cl)c1)c1cc(=O)[nH]c2ccccc12. The number of aromatic amines is 1. The van der Waals surface area contributed by atoms with Crippen LogP contribution in [0.2, 0.25) is 5.02 Å². The summed E-state index contributed by atoms with van der Waals surface area (Å²) in [5, 5.41) is 1.21. The summed E-state index contributed by atoms with van der Waals surface area (Å²) in [6, 6.07) is 15.2. The summed E-state index contributed by atoms with van der Waals surface area (Å²) in [5.74, 6) is 0.0344. The molecule has 3 aromatic rings. The zero-order valence-corrected chi connectivity index (χ0v) is 13.4. The molecule has 2 aromatic carbocycles. The molecule has 1 heterocycles. The van der Waals surface area contributed by atoms with Crippen molar-refractivity contribution in [3.05, 3.63) is 75.5 Å². The molecule has 1 N–H and O–H groups in total. The van der Waals surface area contributed by atoms with Crippen molar-refractivity contribution in [3.63, 3.8) is 0 Å². The van der Waals surface area contributed by atoms with Gasteiger partial charge in [-0.3, -0.25) is 4.79 Å². The third-order valence-corrected chi connectivity index (χ3v) is 3.59. The lowest BCUT2D eigenvalue weighted by molar-refractivity contribution is 0.0452. The van der Waals surface area contributed by atoms with Crippen molar-refractivity contribution in [1.82, 2.24) is 4.98 Å². The fourth-order valence-electron chi connectivity index (χ4n) is 2.30. The fourth-order valence-corrected chi connectivity index (χ4v) is 2.48. The van der Waals surface area contributed by atoms with Gasteiger partial charge in [0.2, 0.25) is 5.56 Å². The van der Waals surface area contributed by atoms with Crippen molar-refractivity contribution in [2.24, 2.45) is 0 Å². The Balaban J connectivity index is 1.64. The summed E-state index contributed by atoms with van der Waals surface area (Å²) in [6.45, 7) is 0.250. The van der Waals surface area contributed by atoms with Gasteiger partial charge in [-0.2, -0.15) is 0 Å². The molecule has 3 rings (SSSR count). The predicted octanol–water partition coefficient (Wildman–Crippen LogP) is 3.42. The highest BCUT2D eigenvalue weighted by atomic mass is 35.5. The van der Waals surface area contributed by atoms with E-state index < -0.39 is 5.97 Å². The predicted molar refractivity (Wildman–Crippen MR) is 91.8 cm³/mol. The molecule has 0 aliphatic rings. The van der Waals surface area contributed by atoms with Crippen LogP contribution in [0.1, 0.15) is 10.4 Å². The number of benzene rings is 2. The molecular weight excluding hydrogens is 330 g/mol. The molecule has 0 bridgehead atoms. The second-order valence-electron chi connectivity index (χ2n) is 5.03. The van der Waals surface area contributed by atoms with Crippen molar-refractivity contribution >= 4 is 28.5 Å². The van der Waals surface area contributed by atoms with Gasteiger partial charge in [0, 0.05) is 22.0 Å². The molecule has 0 amide bonds. The number of fused-ring (bicyclic) bond motifs is 1. The van der Waals surface area contributed by atoms with Crippen molar-refractivity contribution in [1.29, 1.82) is 0 Å². The molecular formula is C18H14ClNO4. The van der Waals surface area contributed by atoms with E-state index in [1.165, 1.54) is 6.07 Å². The largest absolute Gasteiger partial charge is 0.490 e. The molecule has 0 fully saturated rings. The molecule has 0 spiro atoms. The summed E-state index contributed by atoms with van der Waals surface area (Å²) in [5.41, 5.74) is 0.472. The van der Waals surface area contributed by atoms with Gasteiger partial charge in [0.25, 0.3) is 0 Å². The zero-order chi connectivity index (χ0) is 16.9. The summed E-state index contributed by atoms with van der Waals surface area (Å²) in [4.78, 5) is 26.6. The molecule has 6 heteroatoms. The Bertz CT molecular complexity index is 935. The summed E-state index contributed by atoms with van der Waals surface area (Å²) < 4.78 is 10.6. The number of rotatable bonds is 5. The van der Waals surface area contributed by atoms with Crippen LogP contribution in [0.4, 0.5) is 0 Å². The number of H-pyrrole nitrogens is 1. The maximum Gasteiger partial charge on any atom is 0.339 e. The van der Waals surface area contributed by atoms with Gasteiger partial charge in [-0.15, -0.1) is 0 Å². The number of halogens is 1. The highest BCUT2D eigenvalue weighted by molar-refractivity contribution is 6.30. The highest BCUT2D eigenvalue weighted by Crippen LogP contribution is 2.17. The minimum atomic E-state index is -0.563.